The minimum Gasteiger partial charge on any atom is -0.497 e. The van der Waals surface area contributed by atoms with Gasteiger partial charge >= 0.3 is 0 Å². The number of rotatable bonds is 8. The van der Waals surface area contributed by atoms with Gasteiger partial charge in [0, 0.05) is 18.2 Å². The Balaban J connectivity index is 1.57. The average Bonchev–Trinajstić information content (AvgIpc) is 3.36. The zero-order valence-corrected chi connectivity index (χ0v) is 18.7. The van der Waals surface area contributed by atoms with Gasteiger partial charge in [-0.1, -0.05) is 23.8 Å². The molecule has 2 N–H and O–H groups in total. The third kappa shape index (κ3) is 4.60. The van der Waals surface area contributed by atoms with Crippen molar-refractivity contribution >= 4 is 32.8 Å². The van der Waals surface area contributed by atoms with Gasteiger partial charge in [-0.25, -0.2) is 18.5 Å². The third-order valence-electron chi connectivity index (χ3n) is 4.75. The summed E-state index contributed by atoms with van der Waals surface area (Å²) in [7, 11) is -2.15. The number of primary sulfonamides is 1. The minimum atomic E-state index is -3.78. The largest absolute Gasteiger partial charge is 0.497 e. The Morgan fingerprint density at radius 1 is 1.16 bits per heavy atom. The summed E-state index contributed by atoms with van der Waals surface area (Å²) in [6.45, 7) is 2.84. The van der Waals surface area contributed by atoms with Crippen LogP contribution in [0.25, 0.3) is 22.3 Å². The molecule has 0 aliphatic rings. The summed E-state index contributed by atoms with van der Waals surface area (Å²) < 4.78 is 36.1. The van der Waals surface area contributed by atoms with Crippen LogP contribution in [0.4, 0.5) is 0 Å². The summed E-state index contributed by atoms with van der Waals surface area (Å²) in [5.41, 5.74) is 3.15. The van der Waals surface area contributed by atoms with E-state index in [0.717, 1.165) is 46.4 Å². The van der Waals surface area contributed by atoms with Gasteiger partial charge in [-0.2, -0.15) is 0 Å². The molecular weight excluding hydrogens is 436 g/mol. The molecule has 0 bridgehead atoms. The molecule has 4 rings (SSSR count). The molecule has 0 atom stereocenters. The van der Waals surface area contributed by atoms with E-state index >= 15 is 0 Å². The summed E-state index contributed by atoms with van der Waals surface area (Å²) in [5.74, 6) is 2.04. The van der Waals surface area contributed by atoms with Crippen molar-refractivity contribution in [1.29, 1.82) is 0 Å². The highest BCUT2D eigenvalue weighted by molar-refractivity contribution is 7.98. The zero-order valence-electron chi connectivity index (χ0n) is 17.1. The van der Waals surface area contributed by atoms with Crippen molar-refractivity contribution in [2.75, 3.05) is 7.11 Å². The lowest BCUT2D eigenvalue weighted by Crippen LogP contribution is -2.11. The molecule has 0 aliphatic carbocycles. The summed E-state index contributed by atoms with van der Waals surface area (Å²) in [6.07, 6.45) is 0.917. The number of sulfonamides is 1. The van der Waals surface area contributed by atoms with E-state index < -0.39 is 10.0 Å². The monoisotopic (exact) mass is 458 g/mol. The van der Waals surface area contributed by atoms with Gasteiger partial charge in [0.2, 0.25) is 10.0 Å². The quantitative estimate of drug-likeness (QED) is 0.396. The zero-order chi connectivity index (χ0) is 22.0. The van der Waals surface area contributed by atoms with Gasteiger partial charge in [-0.3, -0.25) is 0 Å². The Kier molecular flexibility index (Phi) is 6.03. The molecule has 4 aromatic rings. The number of hydrogen-bond donors (Lipinski definition) is 1. The molecule has 0 fully saturated rings. The van der Waals surface area contributed by atoms with Gasteiger partial charge in [-0.15, -0.1) is 0 Å². The highest BCUT2D eigenvalue weighted by atomic mass is 32.2. The van der Waals surface area contributed by atoms with Crippen molar-refractivity contribution in [2.24, 2.45) is 5.14 Å². The maximum absolute atomic E-state index is 11.7. The molecular formula is C21H22N4O4S2. The van der Waals surface area contributed by atoms with Crippen LogP contribution in [0, 0.1) is 0 Å². The van der Waals surface area contributed by atoms with Gasteiger partial charge in [0.15, 0.2) is 5.16 Å². The van der Waals surface area contributed by atoms with E-state index in [4.69, 9.17) is 14.4 Å². The fourth-order valence-corrected chi connectivity index (χ4v) is 4.68. The standard InChI is InChI=1S/C21H22N4O4S2/c1-3-10-25-20-9-8-17(31(22,26)27)12-19(20)23-21(25)30-13-16-11-18(24-29-16)14-4-6-15(28-2)7-5-14/h4-9,11-12H,3,10,13H2,1-2H3,(H2,22,26,27). The van der Waals surface area contributed by atoms with Gasteiger partial charge in [0.1, 0.15) is 17.2 Å². The first-order valence-corrected chi connectivity index (χ1v) is 12.2. The van der Waals surface area contributed by atoms with Crippen molar-refractivity contribution in [3.63, 3.8) is 0 Å². The lowest BCUT2D eigenvalue weighted by atomic mass is 10.1. The first-order chi connectivity index (χ1) is 14.9. The molecule has 0 amide bonds. The maximum Gasteiger partial charge on any atom is 0.238 e. The average molecular weight is 459 g/mol. The third-order valence-corrected chi connectivity index (χ3v) is 6.66. The number of fused-ring (bicyclic) bond motifs is 1. The van der Waals surface area contributed by atoms with Crippen molar-refractivity contribution in [3.8, 4) is 17.0 Å². The van der Waals surface area contributed by atoms with Gasteiger partial charge in [0.25, 0.3) is 0 Å². The molecule has 2 aromatic heterocycles. The van der Waals surface area contributed by atoms with Crippen molar-refractivity contribution in [1.82, 2.24) is 14.7 Å². The predicted octanol–water partition coefficient (Wildman–Crippen LogP) is 4.05. The van der Waals surface area contributed by atoms with E-state index in [0.29, 0.717) is 11.3 Å². The van der Waals surface area contributed by atoms with E-state index in [1.165, 1.54) is 23.9 Å². The van der Waals surface area contributed by atoms with Gasteiger partial charge < -0.3 is 13.8 Å². The Bertz CT molecular complexity index is 1310. The van der Waals surface area contributed by atoms with E-state index in [-0.39, 0.29) is 4.90 Å². The molecule has 2 heterocycles. The number of aromatic nitrogens is 3. The second kappa shape index (κ2) is 8.74. The molecule has 0 radical (unpaired) electrons. The minimum absolute atomic E-state index is 0.0528. The number of nitrogens with zero attached hydrogens (tertiary/aromatic N) is 3. The topological polar surface area (TPSA) is 113 Å². The summed E-state index contributed by atoms with van der Waals surface area (Å²) in [6, 6.07) is 14.3. The van der Waals surface area contributed by atoms with E-state index in [9.17, 15) is 8.42 Å². The Morgan fingerprint density at radius 3 is 2.61 bits per heavy atom. The van der Waals surface area contributed by atoms with Crippen LogP contribution in [0.15, 0.2) is 63.1 Å². The SMILES string of the molecule is CCCn1c(SCc2cc(-c3ccc(OC)cc3)no2)nc2cc(S(N)(=O)=O)ccc21. The normalized spacial score (nSPS) is 11.8. The van der Waals surface area contributed by atoms with Crippen LogP contribution >= 0.6 is 11.8 Å². The number of nitrogens with two attached hydrogens (primary N) is 1. The Hall–Kier alpha value is -2.82. The van der Waals surface area contributed by atoms with Crippen molar-refractivity contribution in [3.05, 3.63) is 54.3 Å². The lowest BCUT2D eigenvalue weighted by Gasteiger charge is -2.06. The molecule has 0 aliphatic heterocycles. The smallest absolute Gasteiger partial charge is 0.238 e. The van der Waals surface area contributed by atoms with Crippen LogP contribution in [0.2, 0.25) is 0 Å². The van der Waals surface area contributed by atoms with Crippen molar-refractivity contribution in [2.45, 2.75) is 35.7 Å². The number of methoxy groups -OCH3 is 1. The Morgan fingerprint density at radius 2 is 1.94 bits per heavy atom. The van der Waals surface area contributed by atoms with Gasteiger partial charge in [-0.05, 0) is 48.9 Å². The Labute approximate surface area is 184 Å². The first-order valence-electron chi connectivity index (χ1n) is 9.65. The predicted molar refractivity (Wildman–Crippen MR) is 119 cm³/mol. The first kappa shape index (κ1) is 21.4. The maximum atomic E-state index is 11.7. The molecule has 0 saturated heterocycles. The molecule has 0 saturated carbocycles. The lowest BCUT2D eigenvalue weighted by molar-refractivity contribution is 0.397. The van der Waals surface area contributed by atoms with E-state index in [1.807, 2.05) is 30.3 Å². The van der Waals surface area contributed by atoms with Crippen LogP contribution in [-0.2, 0) is 22.3 Å². The van der Waals surface area contributed by atoms with Crippen LogP contribution in [0.1, 0.15) is 19.1 Å². The second-order valence-electron chi connectivity index (χ2n) is 6.94. The molecule has 0 unspecified atom stereocenters. The van der Waals surface area contributed by atoms with Crippen LogP contribution < -0.4 is 9.88 Å². The number of thioether (sulfide) groups is 1. The number of hydrogen-bond acceptors (Lipinski definition) is 7. The molecule has 162 valence electrons. The summed E-state index contributed by atoms with van der Waals surface area (Å²) >= 11 is 1.51. The van der Waals surface area contributed by atoms with E-state index in [2.05, 4.69) is 21.6 Å². The fraction of sp³-hybridized carbons (Fsp3) is 0.238. The molecule has 31 heavy (non-hydrogen) atoms. The van der Waals surface area contributed by atoms with E-state index in [1.54, 1.807) is 13.2 Å². The number of aryl methyl sites for hydroxylation is 1. The fourth-order valence-electron chi connectivity index (χ4n) is 3.23. The summed E-state index contributed by atoms with van der Waals surface area (Å²) in [4.78, 5) is 4.69. The summed E-state index contributed by atoms with van der Waals surface area (Å²) in [5, 5.41) is 10.2. The highest BCUT2D eigenvalue weighted by Gasteiger charge is 2.16. The number of benzene rings is 2. The molecule has 10 heteroatoms. The van der Waals surface area contributed by atoms with Crippen LogP contribution in [-0.4, -0.2) is 30.2 Å². The second-order valence-corrected chi connectivity index (χ2v) is 9.44. The highest BCUT2D eigenvalue weighted by Crippen LogP contribution is 2.30. The molecule has 2 aromatic carbocycles. The van der Waals surface area contributed by atoms with Crippen LogP contribution in [0.3, 0.4) is 0 Å². The number of ether oxygens (including phenoxy) is 1. The van der Waals surface area contributed by atoms with Crippen LogP contribution in [0.5, 0.6) is 5.75 Å². The van der Waals surface area contributed by atoms with Crippen molar-refractivity contribution < 1.29 is 17.7 Å². The van der Waals surface area contributed by atoms with Gasteiger partial charge in [0.05, 0.1) is 28.8 Å². The molecule has 0 spiro atoms. The number of imidazole rings is 1. The molecule has 8 nitrogen and oxygen atoms in total.